The van der Waals surface area contributed by atoms with E-state index in [4.69, 9.17) is 15.5 Å². The molecule has 0 bridgehead atoms. The van der Waals surface area contributed by atoms with Crippen LogP contribution in [0.25, 0.3) is 0 Å². The summed E-state index contributed by atoms with van der Waals surface area (Å²) in [5, 5.41) is 0. The van der Waals surface area contributed by atoms with Crippen molar-refractivity contribution in [1.29, 1.82) is 0 Å². The third-order valence-corrected chi connectivity index (χ3v) is 6.57. The smallest absolute Gasteiger partial charge is 0.127 e. The van der Waals surface area contributed by atoms with Crippen LogP contribution in [0.3, 0.4) is 0 Å². The van der Waals surface area contributed by atoms with E-state index in [0.29, 0.717) is 17.9 Å². The topological polar surface area (TPSA) is 47.6 Å². The Bertz CT molecular complexity index is 859. The van der Waals surface area contributed by atoms with Gasteiger partial charge < -0.3 is 10.5 Å². The van der Waals surface area contributed by atoms with Crippen LogP contribution < -0.4 is 5.73 Å². The Balaban J connectivity index is 1.82. The van der Waals surface area contributed by atoms with Crippen molar-refractivity contribution in [2.75, 3.05) is 7.11 Å². The second kappa shape index (κ2) is 6.82. The van der Waals surface area contributed by atoms with E-state index in [0.717, 1.165) is 35.7 Å². The van der Waals surface area contributed by atoms with Gasteiger partial charge in [0.2, 0.25) is 0 Å². The van der Waals surface area contributed by atoms with E-state index in [1.54, 1.807) is 0 Å². The molecule has 1 aliphatic carbocycles. The predicted molar refractivity (Wildman–Crippen MR) is 110 cm³/mol. The van der Waals surface area contributed by atoms with Gasteiger partial charge in [0.25, 0.3) is 0 Å². The van der Waals surface area contributed by atoms with Crippen LogP contribution in [0.4, 0.5) is 0 Å². The first-order valence-corrected chi connectivity index (χ1v) is 10.2. The summed E-state index contributed by atoms with van der Waals surface area (Å²) in [6.07, 6.45) is 4.50. The quantitative estimate of drug-likeness (QED) is 0.766. The molecule has 1 aliphatic heterocycles. The summed E-state index contributed by atoms with van der Waals surface area (Å²) >= 11 is 3.66. The summed E-state index contributed by atoms with van der Waals surface area (Å²) in [7, 11) is 1.81. The summed E-state index contributed by atoms with van der Waals surface area (Å²) in [6, 6.07) is 15.1. The Morgan fingerprint density at radius 3 is 2.85 bits per heavy atom. The number of hydrogen-bond donors (Lipinski definition) is 1. The second-order valence-corrected chi connectivity index (χ2v) is 8.27. The van der Waals surface area contributed by atoms with Crippen molar-refractivity contribution in [2.45, 2.75) is 44.2 Å². The Kier molecular flexibility index (Phi) is 4.66. The molecule has 0 amide bonds. The van der Waals surface area contributed by atoms with Gasteiger partial charge >= 0.3 is 0 Å². The summed E-state index contributed by atoms with van der Waals surface area (Å²) < 4.78 is 6.72. The number of nitrogens with two attached hydrogens (primary N) is 1. The maximum Gasteiger partial charge on any atom is 0.127 e. The van der Waals surface area contributed by atoms with Gasteiger partial charge in [-0.3, -0.25) is 4.99 Å². The molecular formula is C22H25BrN2O. The van der Waals surface area contributed by atoms with Crippen LogP contribution in [-0.4, -0.2) is 19.0 Å². The number of ether oxygens (including phenoxy) is 1. The number of amidine groups is 1. The van der Waals surface area contributed by atoms with Crippen LogP contribution in [0.15, 0.2) is 51.9 Å². The molecule has 0 saturated heterocycles. The average molecular weight is 413 g/mol. The number of rotatable bonds is 5. The van der Waals surface area contributed by atoms with Gasteiger partial charge in [-0.15, -0.1) is 0 Å². The lowest BCUT2D eigenvalue weighted by Gasteiger charge is -2.32. The number of aliphatic imine (C=N–C) groups is 1. The van der Waals surface area contributed by atoms with E-state index in [-0.39, 0.29) is 5.54 Å². The molecule has 26 heavy (non-hydrogen) atoms. The van der Waals surface area contributed by atoms with E-state index in [1.165, 1.54) is 16.7 Å². The summed E-state index contributed by atoms with van der Waals surface area (Å²) in [6.45, 7) is 2.19. The second-order valence-electron chi connectivity index (χ2n) is 7.35. The van der Waals surface area contributed by atoms with Gasteiger partial charge in [-0.25, -0.2) is 0 Å². The molecule has 0 radical (unpaired) electrons. The van der Waals surface area contributed by atoms with E-state index >= 15 is 0 Å². The van der Waals surface area contributed by atoms with Crippen LogP contribution >= 0.6 is 15.9 Å². The van der Waals surface area contributed by atoms with E-state index in [9.17, 15) is 0 Å². The highest BCUT2D eigenvalue weighted by atomic mass is 79.9. The lowest BCUT2D eigenvalue weighted by molar-refractivity contribution is 0.0833. The van der Waals surface area contributed by atoms with Crippen LogP contribution in [-0.2, 0) is 16.7 Å². The molecule has 3 atom stereocenters. The molecule has 1 spiro atoms. The lowest BCUT2D eigenvalue weighted by atomic mass is 9.76. The van der Waals surface area contributed by atoms with Crippen molar-refractivity contribution >= 4 is 21.8 Å². The minimum Gasteiger partial charge on any atom is -0.383 e. The largest absolute Gasteiger partial charge is 0.383 e. The Morgan fingerprint density at radius 1 is 1.27 bits per heavy atom. The molecule has 0 aromatic heterocycles. The highest BCUT2D eigenvalue weighted by Crippen LogP contribution is 2.54. The minimum absolute atomic E-state index is 0.306. The molecule has 4 rings (SSSR count). The maximum absolute atomic E-state index is 6.38. The van der Waals surface area contributed by atoms with Gasteiger partial charge in [0.05, 0.1) is 6.10 Å². The van der Waals surface area contributed by atoms with Crippen LogP contribution in [0.2, 0.25) is 0 Å². The van der Waals surface area contributed by atoms with E-state index < -0.39 is 0 Å². The summed E-state index contributed by atoms with van der Waals surface area (Å²) in [5.41, 5.74) is 11.1. The lowest BCUT2D eigenvalue weighted by Crippen LogP contribution is -2.30. The molecule has 2 aliphatic rings. The van der Waals surface area contributed by atoms with Crippen molar-refractivity contribution in [1.82, 2.24) is 0 Å². The first-order valence-electron chi connectivity index (χ1n) is 9.37. The predicted octanol–water partition coefficient (Wildman–Crippen LogP) is 4.79. The van der Waals surface area contributed by atoms with Crippen LogP contribution in [0.5, 0.6) is 0 Å². The van der Waals surface area contributed by atoms with Crippen molar-refractivity contribution in [3.63, 3.8) is 0 Å². The van der Waals surface area contributed by atoms with E-state index in [2.05, 4.69) is 59.3 Å². The number of methoxy groups -OCH3 is 1. The third-order valence-electron chi connectivity index (χ3n) is 6.08. The molecule has 1 heterocycles. The maximum atomic E-state index is 6.38. The fourth-order valence-corrected chi connectivity index (χ4v) is 5.13. The summed E-state index contributed by atoms with van der Waals surface area (Å²) in [4.78, 5) is 5.11. The number of nitrogens with zero attached hydrogens (tertiary/aromatic N) is 1. The van der Waals surface area contributed by atoms with Gasteiger partial charge in [-0.05, 0) is 60.4 Å². The minimum atomic E-state index is -0.355. The number of hydrogen-bond acceptors (Lipinski definition) is 3. The molecule has 4 heteroatoms. The summed E-state index contributed by atoms with van der Waals surface area (Å²) in [5.74, 6) is 1.07. The fourth-order valence-electron chi connectivity index (χ4n) is 4.77. The van der Waals surface area contributed by atoms with Crippen molar-refractivity contribution < 1.29 is 4.74 Å². The highest BCUT2D eigenvalue weighted by molar-refractivity contribution is 9.10. The number of halogens is 1. The van der Waals surface area contributed by atoms with Crippen LogP contribution in [0, 0.1) is 5.92 Å². The zero-order valence-corrected chi connectivity index (χ0v) is 16.9. The van der Waals surface area contributed by atoms with E-state index in [1.807, 2.05) is 13.2 Å². The normalized spacial score (nSPS) is 24.4. The van der Waals surface area contributed by atoms with Gasteiger partial charge in [0, 0.05) is 17.1 Å². The zero-order valence-electron chi connectivity index (χ0n) is 15.3. The molecule has 2 aromatic carbocycles. The molecule has 3 nitrogen and oxygen atoms in total. The monoisotopic (exact) mass is 412 g/mol. The SMILES string of the molecule is CCC(CCC1Cc2ccc(Br)cc2C12N=C(N)c1ccccc12)OC. The molecule has 0 fully saturated rings. The van der Waals surface area contributed by atoms with Crippen molar-refractivity contribution in [3.05, 3.63) is 69.2 Å². The molecule has 2 aromatic rings. The first-order chi connectivity index (χ1) is 12.6. The van der Waals surface area contributed by atoms with Crippen molar-refractivity contribution in [3.8, 4) is 0 Å². The van der Waals surface area contributed by atoms with Gasteiger partial charge in [0.1, 0.15) is 11.4 Å². The standard InChI is InChI=1S/C22H25BrN2O/c1-3-17(26-2)11-9-15-12-14-8-10-16(23)13-20(14)22(15)19-7-5-4-6-18(19)21(24)25-22/h4-8,10,13,15,17H,3,9,11-12H2,1-2H3,(H2,24,25). The fraction of sp³-hybridized carbons (Fsp3) is 0.409. The Hall–Kier alpha value is -1.65. The molecule has 3 unspecified atom stereocenters. The Morgan fingerprint density at radius 2 is 2.08 bits per heavy atom. The van der Waals surface area contributed by atoms with Crippen LogP contribution in [0.1, 0.15) is 48.4 Å². The first kappa shape index (κ1) is 17.7. The number of benzene rings is 2. The van der Waals surface area contributed by atoms with Gasteiger partial charge in [-0.2, -0.15) is 0 Å². The zero-order chi connectivity index (χ0) is 18.3. The highest BCUT2D eigenvalue weighted by Gasteiger charge is 2.51. The van der Waals surface area contributed by atoms with Gasteiger partial charge in [-0.1, -0.05) is 53.2 Å². The van der Waals surface area contributed by atoms with Crippen molar-refractivity contribution in [2.24, 2.45) is 16.6 Å². The number of fused-ring (bicyclic) bond motifs is 4. The third kappa shape index (κ3) is 2.62. The Labute approximate surface area is 163 Å². The average Bonchev–Trinajstić information content (AvgIpc) is 3.12. The molecular weight excluding hydrogens is 388 g/mol. The molecule has 2 N–H and O–H groups in total. The molecule has 0 saturated carbocycles. The molecule has 136 valence electrons. The van der Waals surface area contributed by atoms with Gasteiger partial charge in [0.15, 0.2) is 0 Å².